The van der Waals surface area contributed by atoms with E-state index in [2.05, 4.69) is 0 Å². The lowest BCUT2D eigenvalue weighted by molar-refractivity contribution is -0.0539. The average molecular weight is 168 g/mol. The van der Waals surface area contributed by atoms with Crippen LogP contribution in [0.4, 0.5) is 0 Å². The fourth-order valence-electron chi connectivity index (χ4n) is 1.41. The largest absolute Gasteiger partial charge is 0.386 e. The van der Waals surface area contributed by atoms with Crippen molar-refractivity contribution in [3.05, 3.63) is 24.3 Å². The van der Waals surface area contributed by atoms with Gasteiger partial charge in [0.25, 0.3) is 0 Å². The molecule has 0 amide bonds. The number of hydrogen-bond donors (Lipinski definition) is 2. The van der Waals surface area contributed by atoms with Crippen molar-refractivity contribution in [1.29, 1.82) is 0 Å². The molecule has 0 spiro atoms. The molecule has 1 rings (SSSR count). The predicted octanol–water partition coefficient (Wildman–Crippen LogP) is 1.25. The highest BCUT2D eigenvalue weighted by atomic mass is 16.3. The normalized spacial score (nSPS) is 36.8. The molecule has 2 heteroatoms. The summed E-state index contributed by atoms with van der Waals surface area (Å²) in [5.74, 6) is 0.0775. The van der Waals surface area contributed by atoms with Crippen LogP contribution in [0.25, 0.3) is 0 Å². The number of hydrogen-bond acceptors (Lipinski definition) is 2. The standard InChI is InChI=1S/C10H16O2/c1-3-8(2)10(12)7-5-4-6-9(10)11/h4-9,11-12H,3H2,1-2H3. The van der Waals surface area contributed by atoms with E-state index in [1.807, 2.05) is 13.8 Å². The average Bonchev–Trinajstić information content (AvgIpc) is 2.09. The molecule has 68 valence electrons. The summed E-state index contributed by atoms with van der Waals surface area (Å²) < 4.78 is 0. The summed E-state index contributed by atoms with van der Waals surface area (Å²) in [7, 11) is 0. The Labute approximate surface area is 73.2 Å². The van der Waals surface area contributed by atoms with Gasteiger partial charge in [0.15, 0.2) is 0 Å². The molecule has 0 heterocycles. The summed E-state index contributed by atoms with van der Waals surface area (Å²) in [6, 6.07) is 0. The minimum Gasteiger partial charge on any atom is -0.386 e. The molecule has 2 nitrogen and oxygen atoms in total. The number of aliphatic hydroxyl groups excluding tert-OH is 1. The first-order valence-electron chi connectivity index (χ1n) is 4.37. The summed E-state index contributed by atoms with van der Waals surface area (Å²) >= 11 is 0. The highest BCUT2D eigenvalue weighted by molar-refractivity contribution is 5.23. The molecule has 0 fully saturated rings. The Kier molecular flexibility index (Phi) is 2.70. The van der Waals surface area contributed by atoms with E-state index in [-0.39, 0.29) is 5.92 Å². The third kappa shape index (κ3) is 1.45. The minimum atomic E-state index is -1.07. The molecular formula is C10H16O2. The van der Waals surface area contributed by atoms with Gasteiger partial charge in [0.1, 0.15) is 11.7 Å². The molecule has 0 bridgehead atoms. The van der Waals surface area contributed by atoms with Crippen molar-refractivity contribution < 1.29 is 10.2 Å². The van der Waals surface area contributed by atoms with Crippen molar-refractivity contribution in [3.63, 3.8) is 0 Å². The molecule has 2 N–H and O–H groups in total. The van der Waals surface area contributed by atoms with E-state index < -0.39 is 11.7 Å². The molecule has 1 aliphatic rings. The van der Waals surface area contributed by atoms with Gasteiger partial charge in [-0.25, -0.2) is 0 Å². The molecule has 0 aromatic carbocycles. The van der Waals surface area contributed by atoms with Crippen molar-refractivity contribution in [2.45, 2.75) is 32.0 Å². The molecule has 0 radical (unpaired) electrons. The lowest BCUT2D eigenvalue weighted by atomic mass is 9.80. The maximum absolute atomic E-state index is 10.0. The Morgan fingerprint density at radius 1 is 1.50 bits per heavy atom. The molecule has 3 atom stereocenters. The lowest BCUT2D eigenvalue weighted by Crippen LogP contribution is -2.45. The van der Waals surface area contributed by atoms with Gasteiger partial charge < -0.3 is 10.2 Å². The monoisotopic (exact) mass is 168 g/mol. The Morgan fingerprint density at radius 3 is 2.67 bits per heavy atom. The molecule has 3 unspecified atom stereocenters. The molecular weight excluding hydrogens is 152 g/mol. The molecule has 0 saturated carbocycles. The second-order valence-corrected chi connectivity index (χ2v) is 3.39. The minimum absolute atomic E-state index is 0.0775. The first-order valence-corrected chi connectivity index (χ1v) is 4.37. The molecule has 0 aliphatic heterocycles. The van der Waals surface area contributed by atoms with Gasteiger partial charge in [0, 0.05) is 0 Å². The topological polar surface area (TPSA) is 40.5 Å². The van der Waals surface area contributed by atoms with Gasteiger partial charge in [-0.1, -0.05) is 38.5 Å². The Balaban J connectivity index is 2.82. The van der Waals surface area contributed by atoms with E-state index >= 15 is 0 Å². The molecule has 1 aliphatic carbocycles. The predicted molar refractivity (Wildman–Crippen MR) is 48.7 cm³/mol. The first kappa shape index (κ1) is 9.49. The van der Waals surface area contributed by atoms with Crippen molar-refractivity contribution >= 4 is 0 Å². The zero-order valence-electron chi connectivity index (χ0n) is 7.57. The van der Waals surface area contributed by atoms with Crippen LogP contribution >= 0.6 is 0 Å². The second kappa shape index (κ2) is 3.42. The van der Waals surface area contributed by atoms with E-state index in [0.29, 0.717) is 0 Å². The molecule has 0 aromatic rings. The van der Waals surface area contributed by atoms with Crippen LogP contribution in [0, 0.1) is 5.92 Å². The van der Waals surface area contributed by atoms with Gasteiger partial charge in [0.05, 0.1) is 0 Å². The van der Waals surface area contributed by atoms with Crippen LogP contribution in [-0.4, -0.2) is 21.9 Å². The number of aliphatic hydroxyl groups is 2. The molecule has 0 aromatic heterocycles. The van der Waals surface area contributed by atoms with Crippen molar-refractivity contribution in [1.82, 2.24) is 0 Å². The highest BCUT2D eigenvalue weighted by Crippen LogP contribution is 2.28. The highest BCUT2D eigenvalue weighted by Gasteiger charge is 2.37. The summed E-state index contributed by atoms with van der Waals surface area (Å²) in [6.07, 6.45) is 6.90. The van der Waals surface area contributed by atoms with Crippen molar-refractivity contribution in [2.75, 3.05) is 0 Å². The van der Waals surface area contributed by atoms with Crippen LogP contribution < -0.4 is 0 Å². The van der Waals surface area contributed by atoms with Gasteiger partial charge in [0.2, 0.25) is 0 Å². The number of rotatable bonds is 2. The van der Waals surface area contributed by atoms with Crippen LogP contribution in [0.15, 0.2) is 24.3 Å². The quantitative estimate of drug-likeness (QED) is 0.651. The first-order chi connectivity index (χ1) is 5.61. The Hall–Kier alpha value is -0.600. The van der Waals surface area contributed by atoms with Gasteiger partial charge in [-0.3, -0.25) is 0 Å². The van der Waals surface area contributed by atoms with Crippen LogP contribution in [0.2, 0.25) is 0 Å². The molecule has 12 heavy (non-hydrogen) atoms. The summed E-state index contributed by atoms with van der Waals surface area (Å²) in [6.45, 7) is 3.94. The van der Waals surface area contributed by atoms with E-state index in [4.69, 9.17) is 0 Å². The SMILES string of the molecule is CCC(C)C1(O)C=CC=CC1O. The van der Waals surface area contributed by atoms with E-state index in [0.717, 1.165) is 6.42 Å². The number of allylic oxidation sites excluding steroid dienone is 2. The van der Waals surface area contributed by atoms with E-state index in [9.17, 15) is 10.2 Å². The zero-order chi connectivity index (χ0) is 9.19. The molecule has 0 saturated heterocycles. The maximum Gasteiger partial charge on any atom is 0.115 e. The van der Waals surface area contributed by atoms with E-state index in [1.165, 1.54) is 0 Å². The van der Waals surface area contributed by atoms with E-state index in [1.54, 1.807) is 24.3 Å². The van der Waals surface area contributed by atoms with Crippen LogP contribution in [0.1, 0.15) is 20.3 Å². The summed E-state index contributed by atoms with van der Waals surface area (Å²) in [4.78, 5) is 0. The van der Waals surface area contributed by atoms with Gasteiger partial charge in [-0.15, -0.1) is 0 Å². The summed E-state index contributed by atoms with van der Waals surface area (Å²) in [5, 5.41) is 19.6. The van der Waals surface area contributed by atoms with Crippen LogP contribution in [0.3, 0.4) is 0 Å². The Morgan fingerprint density at radius 2 is 2.17 bits per heavy atom. The van der Waals surface area contributed by atoms with Crippen molar-refractivity contribution in [3.8, 4) is 0 Å². The third-order valence-corrected chi connectivity index (χ3v) is 2.64. The summed E-state index contributed by atoms with van der Waals surface area (Å²) in [5.41, 5.74) is -1.07. The lowest BCUT2D eigenvalue weighted by Gasteiger charge is -2.35. The van der Waals surface area contributed by atoms with Gasteiger partial charge in [-0.05, 0) is 12.0 Å². The fourth-order valence-corrected chi connectivity index (χ4v) is 1.41. The van der Waals surface area contributed by atoms with Crippen LogP contribution in [-0.2, 0) is 0 Å². The smallest absolute Gasteiger partial charge is 0.115 e. The maximum atomic E-state index is 10.0. The van der Waals surface area contributed by atoms with Crippen molar-refractivity contribution in [2.24, 2.45) is 5.92 Å². The Bertz CT molecular complexity index is 208. The van der Waals surface area contributed by atoms with Crippen LogP contribution in [0.5, 0.6) is 0 Å². The van der Waals surface area contributed by atoms with Gasteiger partial charge >= 0.3 is 0 Å². The second-order valence-electron chi connectivity index (χ2n) is 3.39. The van der Waals surface area contributed by atoms with Gasteiger partial charge in [-0.2, -0.15) is 0 Å². The zero-order valence-corrected chi connectivity index (χ0v) is 7.57. The fraction of sp³-hybridized carbons (Fsp3) is 0.600. The third-order valence-electron chi connectivity index (χ3n) is 2.64.